The van der Waals surface area contributed by atoms with Gasteiger partial charge in [0.1, 0.15) is 5.15 Å². The van der Waals surface area contributed by atoms with E-state index in [2.05, 4.69) is 25.9 Å². The van der Waals surface area contributed by atoms with E-state index in [9.17, 15) is 4.39 Å². The molecule has 0 unspecified atom stereocenters. The summed E-state index contributed by atoms with van der Waals surface area (Å²) in [4.78, 5) is 7.44. The molecule has 0 saturated carbocycles. The predicted octanol–water partition coefficient (Wildman–Crippen LogP) is 3.41. The number of nitrogen functional groups attached to an aromatic ring is 1. The summed E-state index contributed by atoms with van der Waals surface area (Å²) < 4.78 is 19.3. The Labute approximate surface area is 110 Å². The number of aromatic nitrogens is 2. The van der Waals surface area contributed by atoms with Crippen LogP contribution in [0.5, 0.6) is 11.6 Å². The lowest BCUT2D eigenvalue weighted by Gasteiger charge is -2.06. The van der Waals surface area contributed by atoms with E-state index in [-0.39, 0.29) is 22.7 Å². The molecule has 0 radical (unpaired) electrons. The lowest BCUT2D eigenvalue weighted by atomic mass is 10.3. The van der Waals surface area contributed by atoms with E-state index in [4.69, 9.17) is 22.1 Å². The van der Waals surface area contributed by atoms with Gasteiger partial charge in [-0.2, -0.15) is 4.98 Å². The van der Waals surface area contributed by atoms with E-state index in [1.165, 1.54) is 18.2 Å². The van der Waals surface area contributed by atoms with E-state index in [1.54, 1.807) is 6.07 Å². The number of hydrogen-bond acceptors (Lipinski definition) is 4. The minimum absolute atomic E-state index is 0.0300. The van der Waals surface area contributed by atoms with Gasteiger partial charge < -0.3 is 10.5 Å². The van der Waals surface area contributed by atoms with Gasteiger partial charge in [0.25, 0.3) is 0 Å². The van der Waals surface area contributed by atoms with E-state index in [0.29, 0.717) is 4.47 Å². The smallest absolute Gasteiger partial charge is 0.225 e. The van der Waals surface area contributed by atoms with Crippen LogP contribution < -0.4 is 10.5 Å². The summed E-state index contributed by atoms with van der Waals surface area (Å²) >= 11 is 8.81. The van der Waals surface area contributed by atoms with E-state index in [0.717, 1.165) is 0 Å². The third-order valence-electron chi connectivity index (χ3n) is 1.80. The van der Waals surface area contributed by atoms with Gasteiger partial charge in [0.15, 0.2) is 11.6 Å². The summed E-state index contributed by atoms with van der Waals surface area (Å²) in [5, 5.41) is 0.130. The van der Waals surface area contributed by atoms with Crippen LogP contribution >= 0.6 is 27.5 Å². The highest BCUT2D eigenvalue weighted by Crippen LogP contribution is 2.26. The van der Waals surface area contributed by atoms with Crippen molar-refractivity contribution in [3.8, 4) is 11.6 Å². The van der Waals surface area contributed by atoms with Crippen molar-refractivity contribution in [1.29, 1.82) is 0 Å². The van der Waals surface area contributed by atoms with Crippen molar-refractivity contribution in [1.82, 2.24) is 9.97 Å². The molecule has 2 N–H and O–H groups in total. The van der Waals surface area contributed by atoms with Crippen LogP contribution in [0.2, 0.25) is 5.15 Å². The van der Waals surface area contributed by atoms with Gasteiger partial charge in [-0.15, -0.1) is 0 Å². The molecule has 88 valence electrons. The molecule has 7 heteroatoms. The normalized spacial score (nSPS) is 10.3. The first-order valence-electron chi connectivity index (χ1n) is 4.47. The molecule has 1 heterocycles. The highest BCUT2D eigenvalue weighted by Gasteiger charge is 2.08. The van der Waals surface area contributed by atoms with Crippen LogP contribution in [0.15, 0.2) is 28.7 Å². The maximum Gasteiger partial charge on any atom is 0.225 e. The van der Waals surface area contributed by atoms with Gasteiger partial charge in [-0.1, -0.05) is 27.5 Å². The Balaban J connectivity index is 2.31. The van der Waals surface area contributed by atoms with Crippen LogP contribution in [-0.4, -0.2) is 9.97 Å². The average molecular weight is 319 g/mol. The quantitative estimate of drug-likeness (QED) is 0.862. The van der Waals surface area contributed by atoms with Gasteiger partial charge >= 0.3 is 0 Å². The summed E-state index contributed by atoms with van der Waals surface area (Å²) in [5.74, 6) is -0.441. The first-order chi connectivity index (χ1) is 8.04. The Hall–Kier alpha value is -1.40. The first-order valence-corrected chi connectivity index (χ1v) is 5.64. The molecular weight excluding hydrogens is 312 g/mol. The monoisotopic (exact) mass is 317 g/mol. The highest BCUT2D eigenvalue weighted by molar-refractivity contribution is 9.10. The van der Waals surface area contributed by atoms with Crippen LogP contribution in [0.3, 0.4) is 0 Å². The minimum Gasteiger partial charge on any atom is -0.436 e. The van der Waals surface area contributed by atoms with Gasteiger partial charge in [-0.3, -0.25) is 0 Å². The Morgan fingerprint density at radius 3 is 2.71 bits per heavy atom. The maximum absolute atomic E-state index is 13.5. The molecule has 2 aromatic rings. The van der Waals surface area contributed by atoms with Crippen molar-refractivity contribution in [2.45, 2.75) is 0 Å². The van der Waals surface area contributed by atoms with Gasteiger partial charge in [-0.05, 0) is 18.2 Å². The van der Waals surface area contributed by atoms with Crippen LogP contribution in [-0.2, 0) is 0 Å². The molecule has 2 rings (SSSR count). The topological polar surface area (TPSA) is 61.0 Å². The fraction of sp³-hybridized carbons (Fsp3) is 0. The molecule has 17 heavy (non-hydrogen) atoms. The summed E-state index contributed by atoms with van der Waals surface area (Å²) in [5.41, 5.74) is 5.39. The standard InChI is InChI=1S/C10H6BrClFN3O/c11-5-1-2-7(6(13)3-5)17-9-4-8(12)15-10(14)16-9/h1-4H,(H2,14,15,16). The number of rotatable bonds is 2. The molecule has 0 aliphatic rings. The number of anilines is 1. The second-order valence-corrected chi connectivity index (χ2v) is 4.37. The van der Waals surface area contributed by atoms with E-state index in [1.807, 2.05) is 0 Å². The van der Waals surface area contributed by atoms with E-state index < -0.39 is 5.82 Å². The average Bonchev–Trinajstić information content (AvgIpc) is 2.21. The molecule has 0 amide bonds. The number of hydrogen-bond donors (Lipinski definition) is 1. The summed E-state index contributed by atoms with van der Waals surface area (Å²) in [6.07, 6.45) is 0. The van der Waals surface area contributed by atoms with Crippen molar-refractivity contribution >= 4 is 33.5 Å². The summed E-state index contributed by atoms with van der Waals surface area (Å²) in [6.45, 7) is 0. The fourth-order valence-corrected chi connectivity index (χ4v) is 1.65. The van der Waals surface area contributed by atoms with Crippen LogP contribution in [0, 0.1) is 5.82 Å². The largest absolute Gasteiger partial charge is 0.436 e. The SMILES string of the molecule is Nc1nc(Cl)cc(Oc2ccc(Br)cc2F)n1. The highest BCUT2D eigenvalue weighted by atomic mass is 79.9. The lowest BCUT2D eigenvalue weighted by molar-refractivity contribution is 0.427. The second kappa shape index (κ2) is 4.85. The molecule has 0 aliphatic heterocycles. The molecule has 1 aromatic carbocycles. The van der Waals surface area contributed by atoms with Crippen LogP contribution in [0.1, 0.15) is 0 Å². The van der Waals surface area contributed by atoms with Gasteiger partial charge in [0.05, 0.1) is 0 Å². The van der Waals surface area contributed by atoms with Crippen molar-refractivity contribution < 1.29 is 9.13 Å². The second-order valence-electron chi connectivity index (χ2n) is 3.06. The molecule has 0 aliphatic carbocycles. The van der Waals surface area contributed by atoms with Crippen molar-refractivity contribution in [2.75, 3.05) is 5.73 Å². The fourth-order valence-electron chi connectivity index (χ4n) is 1.14. The zero-order valence-electron chi connectivity index (χ0n) is 8.32. The molecular formula is C10H6BrClFN3O. The van der Waals surface area contributed by atoms with Crippen LogP contribution in [0.4, 0.5) is 10.3 Å². The minimum atomic E-state index is -0.521. The zero-order chi connectivity index (χ0) is 12.4. The molecule has 4 nitrogen and oxygen atoms in total. The Morgan fingerprint density at radius 2 is 2.06 bits per heavy atom. The van der Waals surface area contributed by atoms with Crippen LogP contribution in [0.25, 0.3) is 0 Å². The number of nitrogens with zero attached hydrogens (tertiary/aromatic N) is 2. The third-order valence-corrected chi connectivity index (χ3v) is 2.48. The van der Waals surface area contributed by atoms with Gasteiger partial charge in [0, 0.05) is 10.5 Å². The van der Waals surface area contributed by atoms with Crippen molar-refractivity contribution in [2.24, 2.45) is 0 Å². The molecule has 0 saturated heterocycles. The van der Waals surface area contributed by atoms with Gasteiger partial charge in [-0.25, -0.2) is 9.37 Å². The Bertz CT molecular complexity index is 547. The zero-order valence-corrected chi connectivity index (χ0v) is 10.7. The number of ether oxygens (including phenoxy) is 1. The summed E-state index contributed by atoms with van der Waals surface area (Å²) in [6, 6.07) is 5.73. The molecule has 1 aromatic heterocycles. The van der Waals surface area contributed by atoms with Gasteiger partial charge in [0.2, 0.25) is 11.8 Å². The summed E-state index contributed by atoms with van der Waals surface area (Å²) in [7, 11) is 0. The molecule has 0 fully saturated rings. The molecule has 0 spiro atoms. The Morgan fingerprint density at radius 1 is 1.29 bits per heavy atom. The van der Waals surface area contributed by atoms with Crippen molar-refractivity contribution in [3.05, 3.63) is 39.7 Å². The maximum atomic E-state index is 13.5. The first kappa shape index (κ1) is 12.1. The van der Waals surface area contributed by atoms with E-state index >= 15 is 0 Å². The third kappa shape index (κ3) is 3.04. The number of benzene rings is 1. The number of nitrogens with two attached hydrogens (primary N) is 1. The lowest BCUT2D eigenvalue weighted by Crippen LogP contribution is -1.98. The van der Waals surface area contributed by atoms with Crippen molar-refractivity contribution in [3.63, 3.8) is 0 Å². The molecule has 0 bridgehead atoms. The molecule has 0 atom stereocenters. The predicted molar refractivity (Wildman–Crippen MR) is 65.6 cm³/mol. The Kier molecular flexibility index (Phi) is 3.44. The number of halogens is 3.